The molecule has 1 unspecified atom stereocenters. The first-order valence-corrected chi connectivity index (χ1v) is 4.26. The van der Waals surface area contributed by atoms with E-state index in [1.165, 1.54) is 32.2 Å². The van der Waals surface area contributed by atoms with Gasteiger partial charge in [0.1, 0.15) is 0 Å². The fourth-order valence-electron chi connectivity index (χ4n) is 1.66. The zero-order valence-electron chi connectivity index (χ0n) is 5.56. The lowest BCUT2D eigenvalue weighted by Crippen LogP contribution is -2.40. The third-order valence-electron chi connectivity index (χ3n) is 2.46. The fraction of sp³-hybridized carbons (Fsp3) is 1.00. The molecule has 2 heteroatoms. The predicted octanol–water partition coefficient (Wildman–Crippen LogP) is 1.20. The highest BCUT2D eigenvalue weighted by atomic mass is 32.1. The van der Waals surface area contributed by atoms with Gasteiger partial charge in [0, 0.05) is 10.8 Å². The standard InChI is InChI=1S/C7H13NS/c9-6-1-4-8-7(5-6)2-3-7/h6,8-9H,1-5H2. The molecule has 0 amide bonds. The number of hydrogen-bond acceptors (Lipinski definition) is 2. The summed E-state index contributed by atoms with van der Waals surface area (Å²) in [4.78, 5) is 0. The van der Waals surface area contributed by atoms with Crippen LogP contribution in [0.2, 0.25) is 0 Å². The molecule has 1 saturated heterocycles. The Bertz CT molecular complexity index is 120. The van der Waals surface area contributed by atoms with Crippen molar-refractivity contribution < 1.29 is 0 Å². The summed E-state index contributed by atoms with van der Waals surface area (Å²) in [6, 6.07) is 0. The highest BCUT2D eigenvalue weighted by Gasteiger charge is 2.44. The molecule has 1 saturated carbocycles. The highest BCUT2D eigenvalue weighted by molar-refractivity contribution is 7.80. The first-order valence-electron chi connectivity index (χ1n) is 3.74. The van der Waals surface area contributed by atoms with Gasteiger partial charge >= 0.3 is 0 Å². The molecule has 0 aromatic carbocycles. The topological polar surface area (TPSA) is 12.0 Å². The summed E-state index contributed by atoms with van der Waals surface area (Å²) < 4.78 is 0. The van der Waals surface area contributed by atoms with Gasteiger partial charge in [0.15, 0.2) is 0 Å². The lowest BCUT2D eigenvalue weighted by Gasteiger charge is -2.27. The number of piperidine rings is 1. The molecule has 2 aliphatic rings. The summed E-state index contributed by atoms with van der Waals surface area (Å²) in [5.41, 5.74) is 0.574. The van der Waals surface area contributed by atoms with Crippen LogP contribution in [0.4, 0.5) is 0 Å². The van der Waals surface area contributed by atoms with Gasteiger partial charge in [0.25, 0.3) is 0 Å². The normalized spacial score (nSPS) is 39.0. The molecule has 1 heterocycles. The Kier molecular flexibility index (Phi) is 1.27. The summed E-state index contributed by atoms with van der Waals surface area (Å²) in [6.45, 7) is 1.19. The van der Waals surface area contributed by atoms with Gasteiger partial charge in [-0.25, -0.2) is 0 Å². The second kappa shape index (κ2) is 1.89. The second-order valence-corrected chi connectivity index (χ2v) is 4.08. The molecular weight excluding hydrogens is 130 g/mol. The average Bonchev–Trinajstić information content (AvgIpc) is 2.49. The summed E-state index contributed by atoms with van der Waals surface area (Å²) in [6.07, 6.45) is 5.34. The molecule has 2 rings (SSSR count). The molecule has 2 fully saturated rings. The monoisotopic (exact) mass is 143 g/mol. The van der Waals surface area contributed by atoms with Gasteiger partial charge < -0.3 is 5.32 Å². The van der Waals surface area contributed by atoms with Crippen LogP contribution in [0, 0.1) is 0 Å². The van der Waals surface area contributed by atoms with Crippen molar-refractivity contribution in [2.24, 2.45) is 0 Å². The van der Waals surface area contributed by atoms with Crippen molar-refractivity contribution in [3.8, 4) is 0 Å². The molecule has 0 bridgehead atoms. The van der Waals surface area contributed by atoms with E-state index < -0.39 is 0 Å². The lowest BCUT2D eigenvalue weighted by molar-refractivity contribution is 0.394. The maximum atomic E-state index is 4.47. The van der Waals surface area contributed by atoms with Gasteiger partial charge in [-0.3, -0.25) is 0 Å². The maximum absolute atomic E-state index is 4.47. The van der Waals surface area contributed by atoms with E-state index in [-0.39, 0.29) is 0 Å². The van der Waals surface area contributed by atoms with Crippen LogP contribution in [0.1, 0.15) is 25.7 Å². The molecule has 1 aliphatic carbocycles. The van der Waals surface area contributed by atoms with E-state index in [2.05, 4.69) is 17.9 Å². The maximum Gasteiger partial charge on any atom is 0.0193 e. The van der Waals surface area contributed by atoms with E-state index in [4.69, 9.17) is 0 Å². The molecule has 0 aromatic rings. The highest BCUT2D eigenvalue weighted by Crippen LogP contribution is 2.42. The molecule has 1 atom stereocenters. The molecule has 52 valence electrons. The number of nitrogens with one attached hydrogen (secondary N) is 1. The second-order valence-electron chi connectivity index (χ2n) is 3.35. The van der Waals surface area contributed by atoms with Crippen molar-refractivity contribution in [3.05, 3.63) is 0 Å². The minimum absolute atomic E-state index is 0.574. The van der Waals surface area contributed by atoms with Gasteiger partial charge in [-0.1, -0.05) is 0 Å². The molecule has 0 aromatic heterocycles. The molecule has 0 radical (unpaired) electrons. The van der Waals surface area contributed by atoms with E-state index >= 15 is 0 Å². The molecule has 9 heavy (non-hydrogen) atoms. The first-order chi connectivity index (χ1) is 4.31. The van der Waals surface area contributed by atoms with Crippen LogP contribution in [0.3, 0.4) is 0 Å². The third-order valence-corrected chi connectivity index (χ3v) is 2.90. The van der Waals surface area contributed by atoms with Crippen LogP contribution in [-0.2, 0) is 0 Å². The van der Waals surface area contributed by atoms with Gasteiger partial charge in [-0.15, -0.1) is 0 Å². The smallest absolute Gasteiger partial charge is 0.0193 e. The summed E-state index contributed by atoms with van der Waals surface area (Å²) in [7, 11) is 0. The molecule has 1 spiro atoms. The Hall–Kier alpha value is 0.310. The summed E-state index contributed by atoms with van der Waals surface area (Å²) in [5.74, 6) is 0. The van der Waals surface area contributed by atoms with E-state index in [9.17, 15) is 0 Å². The van der Waals surface area contributed by atoms with Crippen molar-refractivity contribution in [2.75, 3.05) is 6.54 Å². The quantitative estimate of drug-likeness (QED) is 0.486. The van der Waals surface area contributed by atoms with Gasteiger partial charge in [-0.05, 0) is 32.2 Å². The fourth-order valence-corrected chi connectivity index (χ4v) is 2.14. The lowest BCUT2D eigenvalue weighted by atomic mass is 10.0. The van der Waals surface area contributed by atoms with Crippen LogP contribution in [0.15, 0.2) is 0 Å². The third kappa shape index (κ3) is 1.10. The Morgan fingerprint density at radius 1 is 1.44 bits per heavy atom. The Labute approximate surface area is 61.6 Å². The van der Waals surface area contributed by atoms with Crippen molar-refractivity contribution in [1.82, 2.24) is 5.32 Å². The Morgan fingerprint density at radius 2 is 2.22 bits per heavy atom. The van der Waals surface area contributed by atoms with Crippen LogP contribution in [-0.4, -0.2) is 17.3 Å². The summed E-state index contributed by atoms with van der Waals surface area (Å²) in [5, 5.41) is 4.23. The van der Waals surface area contributed by atoms with Crippen LogP contribution in [0.25, 0.3) is 0 Å². The molecule has 1 N–H and O–H groups in total. The largest absolute Gasteiger partial charge is 0.311 e. The van der Waals surface area contributed by atoms with E-state index in [1.807, 2.05) is 0 Å². The molecular formula is C7H13NS. The van der Waals surface area contributed by atoms with E-state index in [0.717, 1.165) is 0 Å². The van der Waals surface area contributed by atoms with Gasteiger partial charge in [-0.2, -0.15) is 12.6 Å². The minimum Gasteiger partial charge on any atom is -0.311 e. The van der Waals surface area contributed by atoms with Crippen molar-refractivity contribution >= 4 is 12.6 Å². The number of thiol groups is 1. The molecule has 1 nitrogen and oxygen atoms in total. The number of hydrogen-bond donors (Lipinski definition) is 2. The van der Waals surface area contributed by atoms with Crippen molar-refractivity contribution in [1.29, 1.82) is 0 Å². The van der Waals surface area contributed by atoms with Crippen LogP contribution < -0.4 is 5.32 Å². The molecule has 1 aliphatic heterocycles. The minimum atomic E-state index is 0.574. The van der Waals surface area contributed by atoms with Crippen molar-refractivity contribution in [2.45, 2.75) is 36.5 Å². The van der Waals surface area contributed by atoms with Crippen LogP contribution in [0.5, 0.6) is 0 Å². The Morgan fingerprint density at radius 3 is 2.67 bits per heavy atom. The summed E-state index contributed by atoms with van der Waals surface area (Å²) >= 11 is 4.47. The van der Waals surface area contributed by atoms with Crippen LogP contribution >= 0.6 is 12.6 Å². The van der Waals surface area contributed by atoms with E-state index in [1.54, 1.807) is 0 Å². The van der Waals surface area contributed by atoms with E-state index in [0.29, 0.717) is 10.8 Å². The van der Waals surface area contributed by atoms with Gasteiger partial charge in [0.2, 0.25) is 0 Å². The zero-order valence-corrected chi connectivity index (χ0v) is 6.45. The predicted molar refractivity (Wildman–Crippen MR) is 42.0 cm³/mol. The Balaban J connectivity index is 1.96. The van der Waals surface area contributed by atoms with Crippen molar-refractivity contribution in [3.63, 3.8) is 0 Å². The SMILES string of the molecule is SC1CCNC2(CC2)C1. The zero-order chi connectivity index (χ0) is 6.32. The first kappa shape index (κ1) is 6.05. The average molecular weight is 143 g/mol. The van der Waals surface area contributed by atoms with Gasteiger partial charge in [0.05, 0.1) is 0 Å². The number of rotatable bonds is 0.